The average molecular weight is 534 g/mol. The van der Waals surface area contributed by atoms with Crippen molar-refractivity contribution in [1.82, 2.24) is 4.57 Å². The number of fused-ring (bicyclic) bond motifs is 3. The molecule has 0 aliphatic carbocycles. The third-order valence-electron chi connectivity index (χ3n) is 8.33. The van der Waals surface area contributed by atoms with Crippen LogP contribution in [0.3, 0.4) is 0 Å². The molecule has 3 heterocycles. The summed E-state index contributed by atoms with van der Waals surface area (Å²) < 4.78 is 7.12. The van der Waals surface area contributed by atoms with Crippen LogP contribution in [0.1, 0.15) is 77.6 Å². The second kappa shape index (κ2) is 14.8. The highest BCUT2D eigenvalue weighted by atomic mass is 15.0. The van der Waals surface area contributed by atoms with Gasteiger partial charge < -0.3 is 4.57 Å². The van der Waals surface area contributed by atoms with E-state index in [0.717, 1.165) is 19.6 Å². The summed E-state index contributed by atoms with van der Waals surface area (Å²) in [4.78, 5) is 0. The van der Waals surface area contributed by atoms with Gasteiger partial charge >= 0.3 is 0 Å². The monoisotopic (exact) mass is 533 g/mol. The topological polar surface area (TPSA) is 12.7 Å². The van der Waals surface area contributed by atoms with Crippen LogP contribution < -0.4 is 9.13 Å². The van der Waals surface area contributed by atoms with Crippen LogP contribution in [-0.4, -0.2) is 4.57 Å². The SMILES string of the molecule is CCC[n+]1ccc(-c2cc[n+](CCCCCCCCCCCCn3c4ccccc4c4ccccc43)cc2)cc1. The molecule has 0 amide bonds. The highest BCUT2D eigenvalue weighted by Crippen LogP contribution is 2.29. The van der Waals surface area contributed by atoms with Crippen LogP contribution in [0.25, 0.3) is 32.9 Å². The van der Waals surface area contributed by atoms with Gasteiger partial charge in [0, 0.05) is 65.5 Å². The molecule has 0 unspecified atom stereocenters. The van der Waals surface area contributed by atoms with Gasteiger partial charge in [-0.15, -0.1) is 0 Å². The normalized spacial score (nSPS) is 11.5. The highest BCUT2D eigenvalue weighted by molar-refractivity contribution is 6.07. The largest absolute Gasteiger partial charge is 0.340 e. The molecule has 0 bridgehead atoms. The molecular formula is C37H47N3+2. The van der Waals surface area contributed by atoms with E-state index in [1.165, 1.54) is 104 Å². The summed E-state index contributed by atoms with van der Waals surface area (Å²) >= 11 is 0. The van der Waals surface area contributed by atoms with Crippen molar-refractivity contribution >= 4 is 21.8 Å². The zero-order chi connectivity index (χ0) is 27.4. The molecule has 0 saturated carbocycles. The number of para-hydroxylation sites is 2. The standard InChI is InChI=1S/C37H47N3/c1-2-25-38-28-21-32(22-29-38)33-23-30-39(31-24-33)26-15-9-7-5-3-4-6-8-10-16-27-40-36-19-13-11-17-34(36)35-18-12-14-20-37(35)40/h11-14,17-24,28-31H,2-10,15-16,25-27H2,1H3/q+2. The Bertz CT molecular complexity index is 1390. The van der Waals surface area contributed by atoms with E-state index < -0.39 is 0 Å². The number of unbranched alkanes of at least 4 members (excludes halogenated alkanes) is 9. The summed E-state index contributed by atoms with van der Waals surface area (Å²) in [6, 6.07) is 26.7. The number of hydrogen-bond donors (Lipinski definition) is 0. The number of aromatic nitrogens is 3. The molecule has 5 rings (SSSR count). The first kappa shape index (κ1) is 28.1. The fourth-order valence-electron chi connectivity index (χ4n) is 6.08. The lowest BCUT2D eigenvalue weighted by Gasteiger charge is -2.07. The first-order valence-corrected chi connectivity index (χ1v) is 15.8. The lowest BCUT2D eigenvalue weighted by Crippen LogP contribution is -2.32. The van der Waals surface area contributed by atoms with Crippen molar-refractivity contribution in [3.8, 4) is 11.1 Å². The number of hydrogen-bond acceptors (Lipinski definition) is 0. The van der Waals surface area contributed by atoms with E-state index in [2.05, 4.69) is 118 Å². The van der Waals surface area contributed by atoms with E-state index >= 15 is 0 Å². The first-order valence-electron chi connectivity index (χ1n) is 15.8. The number of benzene rings is 2. The van der Waals surface area contributed by atoms with E-state index in [9.17, 15) is 0 Å². The number of pyridine rings is 2. The Hall–Kier alpha value is -3.46. The molecule has 0 saturated heterocycles. The van der Waals surface area contributed by atoms with E-state index in [0.29, 0.717) is 0 Å². The number of rotatable bonds is 16. The van der Waals surface area contributed by atoms with Crippen LogP contribution in [0.4, 0.5) is 0 Å². The van der Waals surface area contributed by atoms with Crippen molar-refractivity contribution in [2.75, 3.05) is 0 Å². The molecule has 0 aliphatic rings. The maximum Gasteiger partial charge on any atom is 0.169 e. The highest BCUT2D eigenvalue weighted by Gasteiger charge is 2.09. The molecule has 3 nitrogen and oxygen atoms in total. The number of aryl methyl sites for hydroxylation is 3. The second-order valence-electron chi connectivity index (χ2n) is 11.4. The lowest BCUT2D eigenvalue weighted by atomic mass is 10.1. The Morgan fingerprint density at radius 1 is 0.475 bits per heavy atom. The quantitative estimate of drug-likeness (QED) is 0.0886. The summed E-state index contributed by atoms with van der Waals surface area (Å²) in [5.41, 5.74) is 5.35. The minimum atomic E-state index is 1.08. The van der Waals surface area contributed by atoms with Crippen molar-refractivity contribution in [3.63, 3.8) is 0 Å². The van der Waals surface area contributed by atoms with Gasteiger partial charge in [0.15, 0.2) is 24.8 Å². The van der Waals surface area contributed by atoms with Crippen LogP contribution in [0.15, 0.2) is 97.6 Å². The molecule has 0 radical (unpaired) electrons. The van der Waals surface area contributed by atoms with Gasteiger partial charge in [-0.25, -0.2) is 9.13 Å². The van der Waals surface area contributed by atoms with Gasteiger partial charge in [0.2, 0.25) is 0 Å². The van der Waals surface area contributed by atoms with E-state index in [1.54, 1.807) is 0 Å². The van der Waals surface area contributed by atoms with E-state index in [1.807, 2.05) is 0 Å². The van der Waals surface area contributed by atoms with E-state index in [-0.39, 0.29) is 0 Å². The van der Waals surface area contributed by atoms with Crippen molar-refractivity contribution in [1.29, 1.82) is 0 Å². The molecule has 40 heavy (non-hydrogen) atoms. The van der Waals surface area contributed by atoms with Crippen molar-refractivity contribution in [3.05, 3.63) is 97.6 Å². The smallest absolute Gasteiger partial charge is 0.169 e. The van der Waals surface area contributed by atoms with Crippen molar-refractivity contribution < 1.29 is 9.13 Å². The second-order valence-corrected chi connectivity index (χ2v) is 11.4. The van der Waals surface area contributed by atoms with Crippen molar-refractivity contribution in [2.24, 2.45) is 0 Å². The van der Waals surface area contributed by atoms with Crippen LogP contribution in [0.2, 0.25) is 0 Å². The average Bonchev–Trinajstić information content (AvgIpc) is 3.32. The van der Waals surface area contributed by atoms with Gasteiger partial charge in [-0.1, -0.05) is 88.3 Å². The van der Waals surface area contributed by atoms with Gasteiger partial charge in [-0.05, 0) is 36.1 Å². The van der Waals surface area contributed by atoms with Gasteiger partial charge in [0.05, 0.1) is 0 Å². The minimum Gasteiger partial charge on any atom is -0.340 e. The van der Waals surface area contributed by atoms with Crippen LogP contribution in [-0.2, 0) is 19.6 Å². The summed E-state index contributed by atoms with van der Waals surface area (Å²) in [6.45, 7) is 5.55. The van der Waals surface area contributed by atoms with Gasteiger partial charge in [0.25, 0.3) is 0 Å². The molecule has 3 heteroatoms. The fourth-order valence-corrected chi connectivity index (χ4v) is 6.08. The summed E-state index contributed by atoms with van der Waals surface area (Å²) in [5, 5.41) is 2.77. The van der Waals surface area contributed by atoms with Crippen LogP contribution in [0, 0.1) is 0 Å². The molecular weight excluding hydrogens is 486 g/mol. The van der Waals surface area contributed by atoms with E-state index in [4.69, 9.17) is 0 Å². The Morgan fingerprint density at radius 2 is 0.900 bits per heavy atom. The van der Waals surface area contributed by atoms with Crippen LogP contribution >= 0.6 is 0 Å². The maximum absolute atomic E-state index is 2.53. The van der Waals surface area contributed by atoms with Crippen LogP contribution in [0.5, 0.6) is 0 Å². The summed E-state index contributed by atoms with van der Waals surface area (Å²) in [7, 11) is 0. The summed E-state index contributed by atoms with van der Waals surface area (Å²) in [6.07, 6.45) is 23.5. The zero-order valence-corrected chi connectivity index (χ0v) is 24.5. The Kier molecular flexibility index (Phi) is 10.4. The van der Waals surface area contributed by atoms with Gasteiger partial charge in [-0.2, -0.15) is 0 Å². The molecule has 0 N–H and O–H groups in total. The Morgan fingerprint density at radius 3 is 1.40 bits per heavy atom. The maximum atomic E-state index is 2.53. The number of nitrogens with zero attached hydrogens (tertiary/aromatic N) is 3. The predicted octanol–water partition coefficient (Wildman–Crippen LogP) is 9.05. The zero-order valence-electron chi connectivity index (χ0n) is 24.5. The van der Waals surface area contributed by atoms with Gasteiger partial charge in [-0.3, -0.25) is 0 Å². The molecule has 0 aliphatic heterocycles. The molecule has 208 valence electrons. The predicted molar refractivity (Wildman–Crippen MR) is 168 cm³/mol. The third-order valence-corrected chi connectivity index (χ3v) is 8.33. The third kappa shape index (κ3) is 7.38. The Labute approximate surface area is 241 Å². The lowest BCUT2D eigenvalue weighted by molar-refractivity contribution is -0.697. The van der Waals surface area contributed by atoms with Crippen molar-refractivity contribution in [2.45, 2.75) is 97.2 Å². The molecule has 0 atom stereocenters. The molecule has 5 aromatic rings. The molecule has 0 fully saturated rings. The first-order chi connectivity index (χ1) is 19.8. The molecule has 2 aromatic carbocycles. The molecule has 3 aromatic heterocycles. The minimum absolute atomic E-state index is 1.08. The van der Waals surface area contributed by atoms with Gasteiger partial charge in [0.1, 0.15) is 13.1 Å². The Balaban J connectivity index is 0.910. The summed E-state index contributed by atoms with van der Waals surface area (Å²) in [5.74, 6) is 0. The molecule has 0 spiro atoms. The fraction of sp³-hybridized carbons (Fsp3) is 0.405.